The van der Waals surface area contributed by atoms with Gasteiger partial charge in [-0.15, -0.1) is 0 Å². The highest BCUT2D eigenvalue weighted by atomic mass is 16.5. The first-order valence-corrected chi connectivity index (χ1v) is 11.7. The molecule has 0 atom stereocenters. The van der Waals surface area contributed by atoms with Gasteiger partial charge in [0.1, 0.15) is 17.2 Å². The van der Waals surface area contributed by atoms with Gasteiger partial charge in [0, 0.05) is 11.3 Å². The van der Waals surface area contributed by atoms with Crippen LogP contribution < -0.4 is 25.0 Å². The molecule has 2 N–H and O–H groups in total. The molecule has 4 rings (SSSR count). The number of rotatable bonds is 8. The Labute approximate surface area is 219 Å². The molecule has 4 aromatic carbocycles. The second-order valence-corrected chi connectivity index (χ2v) is 7.93. The Hall–Kier alpha value is -5.18. The summed E-state index contributed by atoms with van der Waals surface area (Å²) < 4.78 is 16.1. The Balaban J connectivity index is 1.49. The van der Waals surface area contributed by atoms with Crippen molar-refractivity contribution in [3.63, 3.8) is 0 Å². The molecular weight excluding hydrogens is 486 g/mol. The van der Waals surface area contributed by atoms with Gasteiger partial charge in [0.05, 0.1) is 25.5 Å². The van der Waals surface area contributed by atoms with Crippen molar-refractivity contribution in [1.82, 2.24) is 5.43 Å². The summed E-state index contributed by atoms with van der Waals surface area (Å²) in [7, 11) is 1.54. The average molecular weight is 512 g/mol. The van der Waals surface area contributed by atoms with Gasteiger partial charge in [-0.05, 0) is 72.3 Å². The first kappa shape index (κ1) is 25.9. The van der Waals surface area contributed by atoms with Crippen LogP contribution in [-0.4, -0.2) is 37.7 Å². The van der Waals surface area contributed by atoms with Gasteiger partial charge < -0.3 is 19.5 Å². The van der Waals surface area contributed by atoms with E-state index in [0.717, 1.165) is 10.8 Å². The minimum Gasteiger partial charge on any atom is -0.497 e. The quantitative estimate of drug-likeness (QED) is 0.118. The summed E-state index contributed by atoms with van der Waals surface area (Å²) in [6.07, 6.45) is 1.33. The number of methoxy groups -OCH3 is 1. The molecule has 0 spiro atoms. The summed E-state index contributed by atoms with van der Waals surface area (Å²) >= 11 is 0. The largest absolute Gasteiger partial charge is 0.497 e. The van der Waals surface area contributed by atoms with Crippen LogP contribution in [0.2, 0.25) is 0 Å². The van der Waals surface area contributed by atoms with E-state index in [4.69, 9.17) is 14.2 Å². The second kappa shape index (κ2) is 12.2. The van der Waals surface area contributed by atoms with E-state index in [9.17, 15) is 14.4 Å². The predicted octanol–water partition coefficient (Wildman–Crippen LogP) is 4.56. The van der Waals surface area contributed by atoms with Gasteiger partial charge in [0.25, 0.3) is 0 Å². The number of hydrogen-bond acceptors (Lipinski definition) is 7. The third kappa shape index (κ3) is 6.33. The number of nitrogens with zero attached hydrogens (tertiary/aromatic N) is 1. The molecule has 0 aliphatic heterocycles. The number of carbonyl (C=O) groups is 3. The molecule has 9 heteroatoms. The maximum atomic E-state index is 12.8. The lowest BCUT2D eigenvalue weighted by Crippen LogP contribution is -2.32. The van der Waals surface area contributed by atoms with Crippen molar-refractivity contribution in [2.75, 3.05) is 19.0 Å². The molecule has 0 aromatic heterocycles. The molecule has 0 fully saturated rings. The second-order valence-electron chi connectivity index (χ2n) is 7.93. The number of nitrogens with one attached hydrogen (secondary N) is 2. The van der Waals surface area contributed by atoms with Crippen molar-refractivity contribution >= 4 is 40.5 Å². The summed E-state index contributed by atoms with van der Waals surface area (Å²) in [5.41, 5.74) is 3.43. The van der Waals surface area contributed by atoms with Crippen molar-refractivity contribution in [3.8, 4) is 17.2 Å². The topological polar surface area (TPSA) is 115 Å². The van der Waals surface area contributed by atoms with Crippen LogP contribution in [0.4, 0.5) is 5.69 Å². The van der Waals surface area contributed by atoms with Gasteiger partial charge in [0.2, 0.25) is 0 Å². The Morgan fingerprint density at radius 2 is 1.55 bits per heavy atom. The zero-order valence-electron chi connectivity index (χ0n) is 20.8. The molecule has 0 heterocycles. The molecule has 0 radical (unpaired) electrons. The van der Waals surface area contributed by atoms with Crippen LogP contribution in [0.3, 0.4) is 0 Å². The highest BCUT2D eigenvalue weighted by Gasteiger charge is 2.15. The van der Waals surface area contributed by atoms with E-state index in [1.807, 2.05) is 37.3 Å². The summed E-state index contributed by atoms with van der Waals surface area (Å²) in [5, 5.41) is 8.05. The van der Waals surface area contributed by atoms with Gasteiger partial charge >= 0.3 is 17.8 Å². The summed E-state index contributed by atoms with van der Waals surface area (Å²) in [6.45, 7) is 2.39. The zero-order chi connectivity index (χ0) is 26.9. The normalized spacial score (nSPS) is 10.7. The summed E-state index contributed by atoms with van der Waals surface area (Å²) in [4.78, 5) is 37.4. The van der Waals surface area contributed by atoms with E-state index in [2.05, 4.69) is 15.8 Å². The highest BCUT2D eigenvalue weighted by molar-refractivity contribution is 6.39. The van der Waals surface area contributed by atoms with Gasteiger partial charge in [-0.25, -0.2) is 10.2 Å². The molecule has 0 unspecified atom stereocenters. The molecule has 38 heavy (non-hydrogen) atoms. The van der Waals surface area contributed by atoms with E-state index < -0.39 is 17.8 Å². The lowest BCUT2D eigenvalue weighted by molar-refractivity contribution is -0.136. The highest BCUT2D eigenvalue weighted by Crippen LogP contribution is 2.27. The summed E-state index contributed by atoms with van der Waals surface area (Å²) in [5.74, 6) is -0.930. The Bertz CT molecular complexity index is 1480. The molecule has 192 valence electrons. The fraction of sp³-hybridized carbons (Fsp3) is 0.103. The summed E-state index contributed by atoms with van der Waals surface area (Å²) in [6, 6.07) is 24.0. The van der Waals surface area contributed by atoms with E-state index in [-0.39, 0.29) is 5.75 Å². The van der Waals surface area contributed by atoms with Crippen LogP contribution >= 0.6 is 0 Å². The van der Waals surface area contributed by atoms with Crippen LogP contribution in [0.1, 0.15) is 22.8 Å². The van der Waals surface area contributed by atoms with E-state index >= 15 is 0 Å². The smallest absolute Gasteiger partial charge is 0.343 e. The fourth-order valence-corrected chi connectivity index (χ4v) is 3.58. The number of benzene rings is 4. The van der Waals surface area contributed by atoms with Crippen molar-refractivity contribution in [2.24, 2.45) is 5.10 Å². The van der Waals surface area contributed by atoms with E-state index in [1.165, 1.54) is 13.3 Å². The van der Waals surface area contributed by atoms with Gasteiger partial charge in [-0.1, -0.05) is 30.3 Å². The van der Waals surface area contributed by atoms with Crippen LogP contribution in [0.25, 0.3) is 10.8 Å². The lowest BCUT2D eigenvalue weighted by atomic mass is 10.0. The molecule has 0 aliphatic carbocycles. The molecule has 4 aromatic rings. The minimum atomic E-state index is -0.966. The number of hydrazone groups is 1. The van der Waals surface area contributed by atoms with E-state index in [0.29, 0.717) is 34.9 Å². The van der Waals surface area contributed by atoms with Crippen LogP contribution in [0, 0.1) is 0 Å². The maximum absolute atomic E-state index is 12.8. The average Bonchev–Trinajstić information content (AvgIpc) is 2.95. The van der Waals surface area contributed by atoms with Crippen LogP contribution in [0.15, 0.2) is 90.0 Å². The predicted molar refractivity (Wildman–Crippen MR) is 144 cm³/mol. The SMILES string of the molecule is CCOc1ccc(NC(=O)C(=O)NN=Cc2c(OC(=O)c3ccc(OC)cc3)ccc3ccccc23)cc1. The number of fused-ring (bicyclic) bond motifs is 1. The minimum absolute atomic E-state index is 0.237. The number of ether oxygens (including phenoxy) is 3. The third-order valence-corrected chi connectivity index (χ3v) is 5.45. The van der Waals surface area contributed by atoms with Gasteiger partial charge in [-0.3, -0.25) is 9.59 Å². The molecule has 0 bridgehead atoms. The maximum Gasteiger partial charge on any atom is 0.343 e. The van der Waals surface area contributed by atoms with Gasteiger partial charge in [0.15, 0.2) is 0 Å². The first-order chi connectivity index (χ1) is 18.5. The Morgan fingerprint density at radius 3 is 2.26 bits per heavy atom. The van der Waals surface area contributed by atoms with Gasteiger partial charge in [-0.2, -0.15) is 5.10 Å². The number of anilines is 1. The molecule has 0 saturated heterocycles. The Kier molecular flexibility index (Phi) is 8.30. The van der Waals surface area contributed by atoms with Crippen molar-refractivity contribution in [3.05, 3.63) is 96.1 Å². The molecule has 0 aliphatic rings. The molecule has 2 amide bonds. The fourth-order valence-electron chi connectivity index (χ4n) is 3.58. The molecule has 9 nitrogen and oxygen atoms in total. The van der Waals surface area contributed by atoms with Crippen LogP contribution in [-0.2, 0) is 9.59 Å². The number of hydrogen-bond donors (Lipinski definition) is 2. The monoisotopic (exact) mass is 511 g/mol. The molecular formula is C29H25N3O6. The number of amides is 2. The lowest BCUT2D eigenvalue weighted by Gasteiger charge is -2.11. The van der Waals surface area contributed by atoms with Crippen molar-refractivity contribution in [2.45, 2.75) is 6.92 Å². The number of carbonyl (C=O) groups excluding carboxylic acids is 3. The Morgan fingerprint density at radius 1 is 0.842 bits per heavy atom. The van der Waals surface area contributed by atoms with Crippen molar-refractivity contribution < 1.29 is 28.6 Å². The van der Waals surface area contributed by atoms with E-state index in [1.54, 1.807) is 54.6 Å². The standard InChI is InChI=1S/C29H25N3O6/c1-3-37-23-15-11-21(12-16-23)31-27(33)28(34)32-30-18-25-24-7-5-4-6-19(24)10-17-26(25)38-29(35)20-8-13-22(36-2)14-9-20/h4-18H,3H2,1-2H3,(H,31,33)(H,32,34). The first-order valence-electron chi connectivity index (χ1n) is 11.7. The van der Waals surface area contributed by atoms with Crippen LogP contribution in [0.5, 0.6) is 17.2 Å². The number of esters is 1. The third-order valence-electron chi connectivity index (χ3n) is 5.45. The zero-order valence-corrected chi connectivity index (χ0v) is 20.8. The molecule has 0 saturated carbocycles. The van der Waals surface area contributed by atoms with Crippen molar-refractivity contribution in [1.29, 1.82) is 0 Å².